The van der Waals surface area contributed by atoms with Gasteiger partial charge in [0.05, 0.1) is 0 Å². The van der Waals surface area contributed by atoms with E-state index in [0.717, 1.165) is 6.42 Å². The van der Waals surface area contributed by atoms with Gasteiger partial charge in [0.2, 0.25) is 0 Å². The van der Waals surface area contributed by atoms with Crippen LogP contribution in [0.15, 0.2) is 12.3 Å². The van der Waals surface area contributed by atoms with Crippen LogP contribution in [0.25, 0.3) is 0 Å². The molecule has 0 fully saturated rings. The van der Waals surface area contributed by atoms with Gasteiger partial charge in [0.25, 0.3) is 0 Å². The number of hydrogen-bond donors (Lipinski definition) is 0. The predicted molar refractivity (Wildman–Crippen MR) is 40.8 cm³/mol. The van der Waals surface area contributed by atoms with E-state index >= 15 is 0 Å². The highest BCUT2D eigenvalue weighted by molar-refractivity contribution is 5.94. The summed E-state index contributed by atoms with van der Waals surface area (Å²) in [7, 11) is 0. The molecule has 3 heteroatoms. The molecule has 0 aliphatic carbocycles. The topological polar surface area (TPSA) is 43.4 Å². The largest absolute Gasteiger partial charge is 0.424 e. The molecule has 0 bridgehead atoms. The van der Waals surface area contributed by atoms with Crippen LogP contribution >= 0.6 is 0 Å². The maximum absolute atomic E-state index is 10.9. The fraction of sp³-hybridized carbons (Fsp3) is 0.500. The summed E-state index contributed by atoms with van der Waals surface area (Å²) in [5.41, 5.74) is 0. The second-order valence-electron chi connectivity index (χ2n) is 2.19. The highest BCUT2D eigenvalue weighted by Crippen LogP contribution is 2.01. The van der Waals surface area contributed by atoms with Gasteiger partial charge in [-0.25, -0.2) is 0 Å². The van der Waals surface area contributed by atoms with E-state index in [1.807, 2.05) is 6.92 Å². The molecule has 0 rings (SSSR count). The van der Waals surface area contributed by atoms with Crippen LogP contribution in [-0.4, -0.2) is 11.8 Å². The van der Waals surface area contributed by atoms with Gasteiger partial charge in [0.1, 0.15) is 0 Å². The molecule has 62 valence electrons. The van der Waals surface area contributed by atoms with Crippen LogP contribution in [0.5, 0.6) is 0 Å². The molecule has 0 unspecified atom stereocenters. The first-order valence-electron chi connectivity index (χ1n) is 3.48. The Bertz CT molecular complexity index is 182. The summed E-state index contributed by atoms with van der Waals surface area (Å²) in [5, 5.41) is 0. The van der Waals surface area contributed by atoms with Crippen molar-refractivity contribution in [1.29, 1.82) is 0 Å². The normalized spacial score (nSPS) is 8.91. The molecule has 11 heavy (non-hydrogen) atoms. The minimum Gasteiger partial charge on any atom is -0.424 e. The number of ketones is 1. The lowest BCUT2D eigenvalue weighted by Crippen LogP contribution is -2.07. The number of esters is 1. The second-order valence-corrected chi connectivity index (χ2v) is 2.19. The van der Waals surface area contributed by atoms with Crippen molar-refractivity contribution in [3.8, 4) is 0 Å². The zero-order chi connectivity index (χ0) is 8.85. The number of carbonyl (C=O) groups excluding carboxylic acids is 2. The van der Waals surface area contributed by atoms with Gasteiger partial charge in [0, 0.05) is 13.3 Å². The molecule has 3 nitrogen and oxygen atoms in total. The summed E-state index contributed by atoms with van der Waals surface area (Å²) in [5.74, 6) is -0.762. The van der Waals surface area contributed by atoms with Crippen molar-refractivity contribution < 1.29 is 14.3 Å². The first kappa shape index (κ1) is 9.88. The maximum atomic E-state index is 10.9. The Morgan fingerprint density at radius 1 is 1.45 bits per heavy atom. The van der Waals surface area contributed by atoms with Crippen LogP contribution in [-0.2, 0) is 14.3 Å². The molecule has 0 saturated heterocycles. The summed E-state index contributed by atoms with van der Waals surface area (Å²) in [6.07, 6.45) is 1.12. The van der Waals surface area contributed by atoms with Crippen LogP contribution in [0.3, 0.4) is 0 Å². The van der Waals surface area contributed by atoms with E-state index in [1.54, 1.807) is 0 Å². The summed E-state index contributed by atoms with van der Waals surface area (Å²) < 4.78 is 4.48. The molecule has 0 spiro atoms. The van der Waals surface area contributed by atoms with E-state index < -0.39 is 5.97 Å². The third-order valence-corrected chi connectivity index (χ3v) is 1.05. The Hall–Kier alpha value is -1.12. The number of carbonyl (C=O) groups is 2. The minimum atomic E-state index is -0.501. The smallest absolute Gasteiger partial charge is 0.308 e. The van der Waals surface area contributed by atoms with Crippen molar-refractivity contribution in [2.45, 2.75) is 26.7 Å². The van der Waals surface area contributed by atoms with Crippen LogP contribution < -0.4 is 0 Å². The van der Waals surface area contributed by atoms with E-state index in [1.165, 1.54) is 6.92 Å². The highest BCUT2D eigenvalue weighted by Gasteiger charge is 2.08. The summed E-state index contributed by atoms with van der Waals surface area (Å²) >= 11 is 0. The van der Waals surface area contributed by atoms with Gasteiger partial charge >= 0.3 is 5.97 Å². The maximum Gasteiger partial charge on any atom is 0.308 e. The molecule has 0 aromatic carbocycles. The van der Waals surface area contributed by atoms with Crippen molar-refractivity contribution in [2.24, 2.45) is 0 Å². The zero-order valence-corrected chi connectivity index (χ0v) is 6.85. The molecule has 0 radical (unpaired) electrons. The third-order valence-electron chi connectivity index (χ3n) is 1.05. The average Bonchev–Trinajstić information content (AvgIpc) is 1.86. The van der Waals surface area contributed by atoms with Crippen molar-refractivity contribution in [1.82, 2.24) is 0 Å². The minimum absolute atomic E-state index is 0.0562. The Morgan fingerprint density at radius 3 is 2.36 bits per heavy atom. The standard InChI is InChI=1S/C8H12O3/c1-4-5-8(10)6(2)11-7(3)9/h2,4-5H2,1,3H3. The van der Waals surface area contributed by atoms with Crippen molar-refractivity contribution in [2.75, 3.05) is 0 Å². The van der Waals surface area contributed by atoms with E-state index in [9.17, 15) is 9.59 Å². The van der Waals surface area contributed by atoms with Crippen molar-refractivity contribution in [3.05, 3.63) is 12.3 Å². The van der Waals surface area contributed by atoms with E-state index in [0.29, 0.717) is 6.42 Å². The first-order valence-corrected chi connectivity index (χ1v) is 3.48. The van der Waals surface area contributed by atoms with Gasteiger partial charge < -0.3 is 4.74 Å². The van der Waals surface area contributed by atoms with E-state index in [2.05, 4.69) is 11.3 Å². The SMILES string of the molecule is C=C(OC(C)=O)C(=O)CCC. The third kappa shape index (κ3) is 4.31. The molecule has 0 heterocycles. The average molecular weight is 156 g/mol. The van der Waals surface area contributed by atoms with Crippen molar-refractivity contribution in [3.63, 3.8) is 0 Å². The molecule has 0 aromatic heterocycles. The fourth-order valence-electron chi connectivity index (χ4n) is 0.597. The lowest BCUT2D eigenvalue weighted by atomic mass is 10.2. The quantitative estimate of drug-likeness (QED) is 0.351. The molecule has 0 aromatic rings. The first-order chi connectivity index (χ1) is 5.07. The van der Waals surface area contributed by atoms with Gasteiger partial charge in [-0.1, -0.05) is 13.5 Å². The van der Waals surface area contributed by atoms with Crippen molar-refractivity contribution >= 4 is 11.8 Å². The number of Topliss-reactive ketones (excluding diaryl/α,β-unsaturated/α-hetero) is 1. The molecular weight excluding hydrogens is 144 g/mol. The summed E-state index contributed by atoms with van der Waals surface area (Å²) in [6.45, 7) is 6.44. The van der Waals surface area contributed by atoms with Gasteiger partial charge in [-0.05, 0) is 6.42 Å². The lowest BCUT2D eigenvalue weighted by molar-refractivity contribution is -0.140. The fourth-order valence-corrected chi connectivity index (χ4v) is 0.597. The molecule has 0 aliphatic rings. The van der Waals surface area contributed by atoms with Gasteiger partial charge in [-0.15, -0.1) is 0 Å². The van der Waals surface area contributed by atoms with Crippen LogP contribution in [0.4, 0.5) is 0 Å². The van der Waals surface area contributed by atoms with E-state index in [-0.39, 0.29) is 11.5 Å². The number of rotatable bonds is 4. The van der Waals surface area contributed by atoms with E-state index in [4.69, 9.17) is 0 Å². The van der Waals surface area contributed by atoms with Crippen LogP contribution in [0.1, 0.15) is 26.7 Å². The molecule has 0 atom stereocenters. The number of hydrogen-bond acceptors (Lipinski definition) is 3. The van der Waals surface area contributed by atoms with Gasteiger partial charge in [-0.2, -0.15) is 0 Å². The molecule has 0 amide bonds. The predicted octanol–water partition coefficient (Wildman–Crippen LogP) is 1.43. The molecular formula is C8H12O3. The Balaban J connectivity index is 3.83. The number of ether oxygens (including phenoxy) is 1. The summed E-state index contributed by atoms with van der Waals surface area (Å²) in [6, 6.07) is 0. The Morgan fingerprint density at radius 2 is 2.00 bits per heavy atom. The highest BCUT2D eigenvalue weighted by atomic mass is 16.5. The number of allylic oxidation sites excluding steroid dienone is 1. The Labute approximate surface area is 66.0 Å². The zero-order valence-electron chi connectivity index (χ0n) is 6.85. The molecule has 0 N–H and O–H groups in total. The summed E-state index contributed by atoms with van der Waals surface area (Å²) in [4.78, 5) is 21.2. The van der Waals surface area contributed by atoms with Gasteiger partial charge in [-0.3, -0.25) is 9.59 Å². The Kier molecular flexibility index (Phi) is 4.18. The van der Waals surface area contributed by atoms with Crippen LogP contribution in [0.2, 0.25) is 0 Å². The lowest BCUT2D eigenvalue weighted by Gasteiger charge is -2.01. The van der Waals surface area contributed by atoms with Gasteiger partial charge in [0.15, 0.2) is 11.5 Å². The molecule has 0 aliphatic heterocycles. The monoisotopic (exact) mass is 156 g/mol. The second kappa shape index (κ2) is 4.66. The van der Waals surface area contributed by atoms with Crippen LogP contribution in [0, 0.1) is 0 Å². The molecule has 0 saturated carbocycles.